The summed E-state index contributed by atoms with van der Waals surface area (Å²) in [5.41, 5.74) is 2.47. The molecule has 23 heavy (non-hydrogen) atoms. The van der Waals surface area contributed by atoms with Gasteiger partial charge in [0.1, 0.15) is 5.82 Å². The number of hydrogen-bond donors (Lipinski definition) is 2. The Labute approximate surface area is 141 Å². The van der Waals surface area contributed by atoms with Crippen molar-refractivity contribution in [1.29, 1.82) is 0 Å². The Bertz CT molecular complexity index is 694. The summed E-state index contributed by atoms with van der Waals surface area (Å²) in [6.45, 7) is 1.95. The minimum atomic E-state index is -0.0464. The van der Waals surface area contributed by atoms with Crippen LogP contribution < -0.4 is 10.6 Å². The number of nitrogens with zero attached hydrogens (tertiary/aromatic N) is 1. The van der Waals surface area contributed by atoms with Gasteiger partial charge in [0.25, 0.3) is 5.91 Å². The summed E-state index contributed by atoms with van der Waals surface area (Å²) in [6, 6.07) is 9.61. The van der Waals surface area contributed by atoms with Crippen LogP contribution in [0, 0.1) is 6.92 Å². The quantitative estimate of drug-likeness (QED) is 0.870. The highest BCUT2D eigenvalue weighted by Crippen LogP contribution is 2.25. The number of pyridine rings is 1. The maximum atomic E-state index is 12.2. The Hall–Kier alpha value is -2.07. The molecule has 3 rings (SSSR count). The first-order valence-electron chi connectivity index (χ1n) is 7.92. The lowest BCUT2D eigenvalue weighted by molar-refractivity contribution is 0.0937. The van der Waals surface area contributed by atoms with E-state index in [0.717, 1.165) is 24.1 Å². The third-order valence-electron chi connectivity index (χ3n) is 4.25. The molecule has 1 fully saturated rings. The molecule has 1 heterocycles. The fourth-order valence-electron chi connectivity index (χ4n) is 2.82. The molecule has 4 nitrogen and oxygen atoms in total. The second kappa shape index (κ2) is 7.01. The van der Waals surface area contributed by atoms with Gasteiger partial charge in [0, 0.05) is 22.9 Å². The number of carbonyl (C=O) groups is 1. The molecule has 1 amide bonds. The standard InChI is InChI=1S/C18H20ClN3O/c1-12-15(19)7-4-8-16(12)22-17-10-9-13(11-20-17)18(23)21-14-5-2-3-6-14/h4,7-11,14H,2-3,5-6H2,1H3,(H,20,22)(H,21,23). The van der Waals surface area contributed by atoms with Gasteiger partial charge in [0.05, 0.1) is 5.56 Å². The molecule has 1 aliphatic carbocycles. The summed E-state index contributed by atoms with van der Waals surface area (Å²) in [5, 5.41) is 7.00. The highest BCUT2D eigenvalue weighted by molar-refractivity contribution is 6.31. The molecule has 0 unspecified atom stereocenters. The van der Waals surface area contributed by atoms with Crippen molar-refractivity contribution in [3.8, 4) is 0 Å². The van der Waals surface area contributed by atoms with Gasteiger partial charge in [-0.1, -0.05) is 30.5 Å². The normalized spacial score (nSPS) is 14.7. The van der Waals surface area contributed by atoms with Gasteiger partial charge in [-0.2, -0.15) is 0 Å². The van der Waals surface area contributed by atoms with E-state index in [1.807, 2.05) is 31.2 Å². The van der Waals surface area contributed by atoms with Crippen LogP contribution in [0.3, 0.4) is 0 Å². The SMILES string of the molecule is Cc1c(Cl)cccc1Nc1ccc(C(=O)NC2CCCC2)cn1. The summed E-state index contributed by atoms with van der Waals surface area (Å²) in [6.07, 6.45) is 6.16. The third kappa shape index (κ3) is 3.82. The van der Waals surface area contributed by atoms with Crippen LogP contribution in [0.4, 0.5) is 11.5 Å². The zero-order valence-electron chi connectivity index (χ0n) is 13.1. The Kier molecular flexibility index (Phi) is 4.82. The largest absolute Gasteiger partial charge is 0.349 e. The van der Waals surface area contributed by atoms with Crippen molar-refractivity contribution in [2.75, 3.05) is 5.32 Å². The van der Waals surface area contributed by atoms with Gasteiger partial charge in [-0.25, -0.2) is 4.98 Å². The average molecular weight is 330 g/mol. The van der Waals surface area contributed by atoms with Crippen molar-refractivity contribution < 1.29 is 4.79 Å². The lowest BCUT2D eigenvalue weighted by atomic mass is 10.2. The number of aromatic nitrogens is 1. The van der Waals surface area contributed by atoms with Gasteiger partial charge in [0.15, 0.2) is 0 Å². The van der Waals surface area contributed by atoms with Crippen LogP contribution in [0.5, 0.6) is 0 Å². The summed E-state index contributed by atoms with van der Waals surface area (Å²) in [4.78, 5) is 16.5. The average Bonchev–Trinajstić information content (AvgIpc) is 3.05. The fraction of sp³-hybridized carbons (Fsp3) is 0.333. The summed E-state index contributed by atoms with van der Waals surface area (Å²) in [5.74, 6) is 0.641. The molecule has 120 valence electrons. The van der Waals surface area contributed by atoms with Gasteiger partial charge < -0.3 is 10.6 Å². The van der Waals surface area contributed by atoms with Gasteiger partial charge in [-0.05, 0) is 49.6 Å². The van der Waals surface area contributed by atoms with E-state index in [1.165, 1.54) is 12.8 Å². The van der Waals surface area contributed by atoms with Crippen molar-refractivity contribution in [1.82, 2.24) is 10.3 Å². The highest BCUT2D eigenvalue weighted by atomic mass is 35.5. The number of benzene rings is 1. The van der Waals surface area contributed by atoms with Crippen LogP contribution in [0.15, 0.2) is 36.5 Å². The van der Waals surface area contributed by atoms with Crippen molar-refractivity contribution >= 4 is 29.0 Å². The highest BCUT2D eigenvalue weighted by Gasteiger charge is 2.18. The van der Waals surface area contributed by atoms with Crippen molar-refractivity contribution in [3.05, 3.63) is 52.7 Å². The first kappa shape index (κ1) is 15.8. The predicted octanol–water partition coefficient (Wildman–Crippen LogP) is 4.46. The molecule has 2 aromatic rings. The second-order valence-corrected chi connectivity index (χ2v) is 6.33. The van der Waals surface area contributed by atoms with Crippen LogP contribution in [-0.2, 0) is 0 Å². The molecule has 1 aromatic heterocycles. The lowest BCUT2D eigenvalue weighted by Crippen LogP contribution is -2.32. The smallest absolute Gasteiger partial charge is 0.253 e. The molecule has 0 spiro atoms. The number of nitrogens with one attached hydrogen (secondary N) is 2. The number of anilines is 2. The summed E-state index contributed by atoms with van der Waals surface area (Å²) >= 11 is 6.11. The minimum Gasteiger partial charge on any atom is -0.349 e. The van der Waals surface area contributed by atoms with Crippen LogP contribution in [0.1, 0.15) is 41.6 Å². The molecule has 0 aliphatic heterocycles. The number of rotatable bonds is 4. The van der Waals surface area contributed by atoms with Crippen LogP contribution in [0.25, 0.3) is 0 Å². The van der Waals surface area contributed by atoms with E-state index in [4.69, 9.17) is 11.6 Å². The third-order valence-corrected chi connectivity index (χ3v) is 4.66. The second-order valence-electron chi connectivity index (χ2n) is 5.92. The molecule has 0 atom stereocenters. The summed E-state index contributed by atoms with van der Waals surface area (Å²) in [7, 11) is 0. The molecule has 0 saturated heterocycles. The molecule has 0 bridgehead atoms. The van der Waals surface area contributed by atoms with Crippen LogP contribution in [0.2, 0.25) is 5.02 Å². The van der Waals surface area contributed by atoms with Gasteiger partial charge in [-0.3, -0.25) is 4.79 Å². The number of hydrogen-bond acceptors (Lipinski definition) is 3. The Morgan fingerprint density at radius 2 is 2.00 bits per heavy atom. The van der Waals surface area contributed by atoms with Crippen molar-refractivity contribution in [3.63, 3.8) is 0 Å². The Morgan fingerprint density at radius 3 is 2.70 bits per heavy atom. The van der Waals surface area contributed by atoms with E-state index in [0.29, 0.717) is 22.4 Å². The lowest BCUT2D eigenvalue weighted by Gasteiger charge is -2.12. The maximum Gasteiger partial charge on any atom is 0.253 e. The number of halogens is 1. The van der Waals surface area contributed by atoms with Crippen molar-refractivity contribution in [2.45, 2.75) is 38.6 Å². The molecular weight excluding hydrogens is 310 g/mol. The Balaban J connectivity index is 1.66. The van der Waals surface area contributed by atoms with E-state index in [9.17, 15) is 4.79 Å². The first-order valence-corrected chi connectivity index (χ1v) is 8.30. The van der Waals surface area contributed by atoms with Crippen LogP contribution >= 0.6 is 11.6 Å². The minimum absolute atomic E-state index is 0.0464. The molecule has 1 aromatic carbocycles. The van der Waals surface area contributed by atoms with E-state index in [2.05, 4.69) is 15.6 Å². The zero-order chi connectivity index (χ0) is 16.2. The fourth-order valence-corrected chi connectivity index (χ4v) is 3.00. The molecule has 2 N–H and O–H groups in total. The first-order chi connectivity index (χ1) is 11.1. The van der Waals surface area contributed by atoms with E-state index in [-0.39, 0.29) is 5.91 Å². The van der Waals surface area contributed by atoms with Crippen LogP contribution in [-0.4, -0.2) is 16.9 Å². The molecule has 1 saturated carbocycles. The number of amides is 1. The molecule has 0 radical (unpaired) electrons. The zero-order valence-corrected chi connectivity index (χ0v) is 13.9. The molecule has 5 heteroatoms. The van der Waals surface area contributed by atoms with Gasteiger partial charge in [0.2, 0.25) is 0 Å². The van der Waals surface area contributed by atoms with E-state index >= 15 is 0 Å². The van der Waals surface area contributed by atoms with Crippen molar-refractivity contribution in [2.24, 2.45) is 0 Å². The Morgan fingerprint density at radius 1 is 1.22 bits per heavy atom. The van der Waals surface area contributed by atoms with E-state index in [1.54, 1.807) is 12.3 Å². The number of carbonyl (C=O) groups excluding carboxylic acids is 1. The topological polar surface area (TPSA) is 54.0 Å². The molecule has 1 aliphatic rings. The summed E-state index contributed by atoms with van der Waals surface area (Å²) < 4.78 is 0. The van der Waals surface area contributed by atoms with E-state index < -0.39 is 0 Å². The maximum absolute atomic E-state index is 12.2. The predicted molar refractivity (Wildman–Crippen MR) is 93.4 cm³/mol. The van der Waals surface area contributed by atoms with Gasteiger partial charge in [-0.15, -0.1) is 0 Å². The monoisotopic (exact) mass is 329 g/mol. The van der Waals surface area contributed by atoms with Gasteiger partial charge >= 0.3 is 0 Å². The molecular formula is C18H20ClN3O.